The van der Waals surface area contributed by atoms with Crippen molar-refractivity contribution in [3.05, 3.63) is 36.4 Å². The molecular formula is C25H27O2S+. The third kappa shape index (κ3) is 1.77. The molecule has 2 aromatic rings. The van der Waals surface area contributed by atoms with Crippen LogP contribution in [0.2, 0.25) is 0 Å². The van der Waals surface area contributed by atoms with Crippen LogP contribution in [0.3, 0.4) is 0 Å². The monoisotopic (exact) mass is 391 g/mol. The molecule has 2 aromatic carbocycles. The van der Waals surface area contributed by atoms with Gasteiger partial charge in [-0.1, -0.05) is 18.2 Å². The van der Waals surface area contributed by atoms with E-state index < -0.39 is 0 Å². The van der Waals surface area contributed by atoms with E-state index in [1.165, 1.54) is 53.9 Å². The molecule has 1 heterocycles. The standard InChI is InChI=1S/C25H27O2S/c26-23(24-13-16-11-17-12-18(15-24)25(17,24)14-16)27-21-7-8-22(28-9-3-4-10-28)20-6-2-1-5-19(20)21/h1-2,5-8,16-18H,3-4,9-15H2/q+1. The normalized spacial score (nSPS) is 40.2. The number of hydrogen-bond acceptors (Lipinski definition) is 2. The van der Waals surface area contributed by atoms with Crippen molar-refractivity contribution < 1.29 is 9.53 Å². The summed E-state index contributed by atoms with van der Waals surface area (Å²) in [6.45, 7) is 0. The number of fused-ring (bicyclic) bond motifs is 2. The van der Waals surface area contributed by atoms with Gasteiger partial charge in [0.1, 0.15) is 17.3 Å². The summed E-state index contributed by atoms with van der Waals surface area (Å²) in [6.07, 6.45) is 8.96. The van der Waals surface area contributed by atoms with Crippen molar-refractivity contribution in [1.29, 1.82) is 0 Å². The van der Waals surface area contributed by atoms with E-state index in [2.05, 4.69) is 36.4 Å². The Balaban J connectivity index is 1.25. The molecule has 0 aromatic heterocycles. The summed E-state index contributed by atoms with van der Waals surface area (Å²) in [5.41, 5.74) is 0.201. The van der Waals surface area contributed by atoms with E-state index in [9.17, 15) is 4.79 Å². The predicted octanol–water partition coefficient (Wildman–Crippen LogP) is 5.34. The maximum absolute atomic E-state index is 13.5. The lowest BCUT2D eigenvalue weighted by Crippen LogP contribution is -2.70. The van der Waals surface area contributed by atoms with Gasteiger partial charge in [-0.15, -0.1) is 0 Å². The van der Waals surface area contributed by atoms with Gasteiger partial charge in [-0.2, -0.15) is 0 Å². The molecule has 5 fully saturated rings. The van der Waals surface area contributed by atoms with Gasteiger partial charge < -0.3 is 4.74 Å². The second-order valence-corrected chi connectivity index (χ2v) is 12.3. The van der Waals surface area contributed by atoms with Gasteiger partial charge in [0.25, 0.3) is 0 Å². The van der Waals surface area contributed by atoms with E-state index in [0.717, 1.165) is 41.7 Å². The molecule has 3 heteroatoms. The molecule has 0 amide bonds. The Bertz CT molecular complexity index is 1010. The van der Waals surface area contributed by atoms with Crippen molar-refractivity contribution in [3.8, 4) is 5.75 Å². The van der Waals surface area contributed by atoms with E-state index >= 15 is 0 Å². The van der Waals surface area contributed by atoms with Crippen molar-refractivity contribution in [2.45, 2.75) is 49.8 Å². The molecule has 5 atom stereocenters. The Kier molecular flexibility index (Phi) is 3.12. The van der Waals surface area contributed by atoms with Crippen molar-refractivity contribution in [2.24, 2.45) is 28.6 Å². The Morgan fingerprint density at radius 2 is 1.75 bits per heavy atom. The fourth-order valence-electron chi connectivity index (χ4n) is 8.20. The van der Waals surface area contributed by atoms with Gasteiger partial charge in [-0.3, -0.25) is 4.79 Å². The summed E-state index contributed by atoms with van der Waals surface area (Å²) in [4.78, 5) is 15.0. The molecule has 28 heavy (non-hydrogen) atoms. The van der Waals surface area contributed by atoms with Crippen LogP contribution in [0.4, 0.5) is 0 Å². The lowest BCUT2D eigenvalue weighted by Gasteiger charge is -2.71. The first-order valence-electron chi connectivity index (χ1n) is 11.1. The van der Waals surface area contributed by atoms with Crippen LogP contribution in [-0.4, -0.2) is 17.5 Å². The molecular weight excluding hydrogens is 364 g/mol. The van der Waals surface area contributed by atoms with E-state index in [-0.39, 0.29) is 11.4 Å². The van der Waals surface area contributed by atoms with Crippen LogP contribution >= 0.6 is 0 Å². The Morgan fingerprint density at radius 3 is 2.54 bits per heavy atom. The molecule has 2 bridgehead atoms. The SMILES string of the molecule is O=C(Oc1ccc([S+]2CCCC2)c2ccccc12)C12CC3CC4CC(C1)C42C3. The van der Waals surface area contributed by atoms with Gasteiger partial charge in [0.2, 0.25) is 0 Å². The molecule has 5 aliphatic rings. The molecule has 5 unspecified atom stereocenters. The largest absolute Gasteiger partial charge is 0.425 e. The average Bonchev–Trinajstić information content (AvgIpc) is 3.39. The lowest BCUT2D eigenvalue weighted by atomic mass is 9.32. The number of ether oxygens (including phenoxy) is 1. The summed E-state index contributed by atoms with van der Waals surface area (Å²) < 4.78 is 6.23. The van der Waals surface area contributed by atoms with Crippen molar-refractivity contribution >= 4 is 27.6 Å². The summed E-state index contributed by atoms with van der Waals surface area (Å²) in [5.74, 6) is 5.95. The average molecular weight is 392 g/mol. The molecule has 0 radical (unpaired) electrons. The van der Waals surface area contributed by atoms with Crippen LogP contribution in [0.15, 0.2) is 41.3 Å². The van der Waals surface area contributed by atoms with Gasteiger partial charge in [0.15, 0.2) is 4.90 Å². The topological polar surface area (TPSA) is 26.3 Å². The lowest BCUT2D eigenvalue weighted by molar-refractivity contribution is -0.245. The quantitative estimate of drug-likeness (QED) is 0.401. The first-order valence-corrected chi connectivity index (χ1v) is 12.7. The van der Waals surface area contributed by atoms with Gasteiger partial charge in [0, 0.05) is 21.7 Å². The van der Waals surface area contributed by atoms with E-state index in [0.29, 0.717) is 16.3 Å². The summed E-state index contributed by atoms with van der Waals surface area (Å²) >= 11 is 0. The van der Waals surface area contributed by atoms with Crippen LogP contribution in [0, 0.1) is 28.6 Å². The molecule has 1 spiro atoms. The van der Waals surface area contributed by atoms with Gasteiger partial charge >= 0.3 is 5.97 Å². The molecule has 7 rings (SSSR count). The first-order chi connectivity index (χ1) is 13.7. The number of carbonyl (C=O) groups excluding carboxylic acids is 1. The third-order valence-electron chi connectivity index (χ3n) is 9.17. The van der Waals surface area contributed by atoms with Crippen LogP contribution < -0.4 is 4.74 Å². The van der Waals surface area contributed by atoms with E-state index in [1.54, 1.807) is 0 Å². The maximum atomic E-state index is 13.5. The molecule has 1 aliphatic heterocycles. The van der Waals surface area contributed by atoms with Crippen LogP contribution in [0.25, 0.3) is 10.8 Å². The van der Waals surface area contributed by atoms with Gasteiger partial charge in [0.05, 0.1) is 5.41 Å². The number of hydrogen-bond donors (Lipinski definition) is 0. The molecule has 4 saturated carbocycles. The van der Waals surface area contributed by atoms with Crippen LogP contribution in [-0.2, 0) is 15.7 Å². The van der Waals surface area contributed by atoms with Crippen molar-refractivity contribution in [1.82, 2.24) is 0 Å². The van der Waals surface area contributed by atoms with Crippen LogP contribution in [0.5, 0.6) is 5.75 Å². The van der Waals surface area contributed by atoms with Gasteiger partial charge in [-0.25, -0.2) is 0 Å². The predicted molar refractivity (Wildman–Crippen MR) is 113 cm³/mol. The van der Waals surface area contributed by atoms with E-state index in [1.807, 2.05) is 0 Å². The van der Waals surface area contributed by atoms with Crippen LogP contribution in [0.1, 0.15) is 44.9 Å². The maximum Gasteiger partial charge on any atom is 0.318 e. The molecule has 0 N–H and O–H groups in total. The Labute approximate surface area is 169 Å². The number of carbonyl (C=O) groups is 1. The number of benzene rings is 2. The number of rotatable bonds is 3. The highest BCUT2D eigenvalue weighted by molar-refractivity contribution is 7.97. The van der Waals surface area contributed by atoms with Crippen molar-refractivity contribution in [3.63, 3.8) is 0 Å². The fourth-order valence-corrected chi connectivity index (χ4v) is 10.7. The summed E-state index contributed by atoms with van der Waals surface area (Å²) in [7, 11) is 0.367. The van der Waals surface area contributed by atoms with Crippen molar-refractivity contribution in [2.75, 3.05) is 11.5 Å². The second kappa shape index (κ2) is 5.36. The highest BCUT2D eigenvalue weighted by Crippen LogP contribution is 2.86. The number of esters is 1. The molecule has 4 aliphatic carbocycles. The minimum absolute atomic E-state index is 0.0943. The summed E-state index contributed by atoms with van der Waals surface area (Å²) in [6, 6.07) is 12.9. The Hall–Kier alpha value is -1.48. The second-order valence-electron chi connectivity index (χ2n) is 10.1. The Morgan fingerprint density at radius 1 is 0.929 bits per heavy atom. The highest BCUT2D eigenvalue weighted by Gasteiger charge is 2.83. The van der Waals surface area contributed by atoms with E-state index in [4.69, 9.17) is 4.74 Å². The zero-order valence-electron chi connectivity index (χ0n) is 16.3. The highest BCUT2D eigenvalue weighted by atomic mass is 32.2. The zero-order valence-corrected chi connectivity index (χ0v) is 17.1. The molecule has 2 nitrogen and oxygen atoms in total. The first kappa shape index (κ1) is 16.3. The van der Waals surface area contributed by atoms with Gasteiger partial charge in [-0.05, 0) is 86.3 Å². The fraction of sp³-hybridized carbons (Fsp3) is 0.560. The smallest absolute Gasteiger partial charge is 0.318 e. The molecule has 144 valence electrons. The third-order valence-corrected chi connectivity index (χ3v) is 11.7. The zero-order chi connectivity index (χ0) is 18.5. The summed E-state index contributed by atoms with van der Waals surface area (Å²) in [5, 5.41) is 2.43. The minimum atomic E-state index is -0.142. The minimum Gasteiger partial charge on any atom is -0.425 e. The molecule has 1 saturated heterocycles.